The van der Waals surface area contributed by atoms with E-state index < -0.39 is 73.2 Å². The summed E-state index contributed by atoms with van der Waals surface area (Å²) in [6, 6.07) is -3.63. The van der Waals surface area contributed by atoms with Gasteiger partial charge in [0.05, 0.1) is 22.1 Å². The first-order valence-corrected chi connectivity index (χ1v) is 20.0. The molecule has 49 heavy (non-hydrogen) atoms. The molecule has 4 aliphatic rings. The van der Waals surface area contributed by atoms with E-state index in [-0.39, 0.29) is 28.9 Å². The molecule has 1 aliphatic heterocycles. The molecule has 0 radical (unpaired) electrons. The summed E-state index contributed by atoms with van der Waals surface area (Å²) >= 11 is 0. The highest BCUT2D eigenvalue weighted by atomic mass is 32.2. The van der Waals surface area contributed by atoms with E-state index in [4.69, 9.17) is 5.73 Å². The van der Waals surface area contributed by atoms with Gasteiger partial charge in [-0.15, -0.1) is 0 Å². The molecular formula is C36H61N5O7S. The number of rotatable bonds is 13. The van der Waals surface area contributed by atoms with Crippen LogP contribution in [-0.2, 0) is 29.0 Å². The number of ketones is 1. The average molecular weight is 708 g/mol. The molecule has 1 unspecified atom stereocenters. The first-order chi connectivity index (χ1) is 22.6. The maximum Gasteiger partial charge on any atom is 0.315 e. The summed E-state index contributed by atoms with van der Waals surface area (Å²) in [5.41, 5.74) is 3.63. The lowest BCUT2D eigenvalue weighted by molar-refractivity contribution is -0.144. The van der Waals surface area contributed by atoms with Gasteiger partial charge < -0.3 is 26.6 Å². The largest absolute Gasteiger partial charge is 0.363 e. The van der Waals surface area contributed by atoms with Crippen molar-refractivity contribution in [2.24, 2.45) is 34.3 Å². The highest BCUT2D eigenvalue weighted by Crippen LogP contribution is 2.59. The Morgan fingerprint density at radius 3 is 1.98 bits per heavy atom. The van der Waals surface area contributed by atoms with E-state index in [2.05, 4.69) is 22.9 Å². The Labute approximate surface area is 293 Å². The van der Waals surface area contributed by atoms with Crippen LogP contribution in [0, 0.1) is 28.6 Å². The van der Waals surface area contributed by atoms with Crippen LogP contribution in [0.2, 0.25) is 0 Å². The first-order valence-electron chi connectivity index (χ1n) is 18.3. The fourth-order valence-corrected chi connectivity index (χ4v) is 9.71. The number of primary amides is 1. The zero-order chi connectivity index (χ0) is 36.7. The van der Waals surface area contributed by atoms with Gasteiger partial charge in [-0.3, -0.25) is 19.2 Å². The zero-order valence-electron chi connectivity index (χ0n) is 30.9. The summed E-state index contributed by atoms with van der Waals surface area (Å²) in [7, 11) is -3.57. The average Bonchev–Trinajstić information content (AvgIpc) is 3.92. The van der Waals surface area contributed by atoms with Crippen molar-refractivity contribution >= 4 is 39.4 Å². The zero-order valence-corrected chi connectivity index (χ0v) is 31.8. The Bertz CT molecular complexity index is 1400. The molecule has 5 amide bonds. The van der Waals surface area contributed by atoms with Gasteiger partial charge >= 0.3 is 6.03 Å². The number of hydrogen-bond acceptors (Lipinski definition) is 7. The molecule has 5 atom stereocenters. The molecule has 0 aromatic rings. The Balaban J connectivity index is 1.61. The molecule has 0 aromatic heterocycles. The smallest absolute Gasteiger partial charge is 0.315 e. The summed E-state index contributed by atoms with van der Waals surface area (Å²) in [5, 5.41) is 8.74. The maximum atomic E-state index is 14.7. The summed E-state index contributed by atoms with van der Waals surface area (Å²) in [4.78, 5) is 68.9. The number of carbonyl (C=O) groups is 5. The SMILES string of the molecule is CCC1([C@H]2CN(C(=O)[C@@H](NC(=O)NC3(CS(=O)(=O)C(C)(C)C)CCCCC3)C(C)(C)C)[C@H](C(=O)NC(CC3CC3)C(=O)C(N)=O)[C@H]2C)CC1. The monoisotopic (exact) mass is 707 g/mol. The topological polar surface area (TPSA) is 185 Å². The molecule has 4 rings (SSSR count). The predicted molar refractivity (Wildman–Crippen MR) is 188 cm³/mol. The number of sulfone groups is 1. The van der Waals surface area contributed by atoms with Crippen LogP contribution >= 0.6 is 0 Å². The molecular weight excluding hydrogens is 646 g/mol. The number of likely N-dealkylation sites (tertiary alicyclic amines) is 1. The van der Waals surface area contributed by atoms with Gasteiger partial charge in [0.25, 0.3) is 5.91 Å². The van der Waals surface area contributed by atoms with Crippen molar-refractivity contribution in [2.75, 3.05) is 12.3 Å². The third-order valence-corrected chi connectivity index (χ3v) is 14.7. The van der Waals surface area contributed by atoms with Gasteiger partial charge in [0.1, 0.15) is 12.1 Å². The van der Waals surface area contributed by atoms with E-state index in [1.807, 2.05) is 27.7 Å². The van der Waals surface area contributed by atoms with Gasteiger partial charge in [-0.05, 0) is 81.5 Å². The molecule has 4 fully saturated rings. The minimum Gasteiger partial charge on any atom is -0.363 e. The standard InChI is InChI=1S/C36H61N5O7S/c1-9-35(17-18-35)24-20-41(26(22(24)2)30(44)38-25(19-23-13-14-23)27(42)29(37)43)31(45)28(33(3,4)5)39-32(46)40-36(15-11-10-12-16-36)21-49(47,48)34(6,7)8/h22-26,28H,9-21H2,1-8H3,(H2,37,43)(H,38,44)(H2,39,40,46)/t22-,24-,25?,26-,28+/m0/s1. The second kappa shape index (κ2) is 14.1. The van der Waals surface area contributed by atoms with Crippen LogP contribution in [0.5, 0.6) is 0 Å². The lowest BCUT2D eigenvalue weighted by Gasteiger charge is -2.41. The molecule has 0 aromatic carbocycles. The minimum absolute atomic E-state index is 0.0113. The summed E-state index contributed by atoms with van der Waals surface area (Å²) in [6.45, 7) is 14.9. The van der Waals surface area contributed by atoms with Crippen molar-refractivity contribution in [3.8, 4) is 0 Å². The van der Waals surface area contributed by atoms with Crippen molar-refractivity contribution < 1.29 is 32.4 Å². The van der Waals surface area contributed by atoms with Crippen LogP contribution in [0.1, 0.15) is 126 Å². The number of Topliss-reactive ketones (excluding diaryl/α,β-unsaturated/α-hetero) is 1. The Morgan fingerprint density at radius 2 is 1.51 bits per heavy atom. The number of nitrogens with one attached hydrogen (secondary N) is 3. The molecule has 3 aliphatic carbocycles. The second-order valence-electron chi connectivity index (χ2n) is 17.7. The lowest BCUT2D eigenvalue weighted by Crippen LogP contribution is -2.63. The summed E-state index contributed by atoms with van der Waals surface area (Å²) in [5.74, 6) is -3.02. The van der Waals surface area contributed by atoms with Crippen molar-refractivity contribution in [3.63, 3.8) is 0 Å². The molecule has 278 valence electrons. The van der Waals surface area contributed by atoms with E-state index in [9.17, 15) is 32.4 Å². The summed E-state index contributed by atoms with van der Waals surface area (Å²) in [6.07, 6.45) is 8.61. The Morgan fingerprint density at radius 1 is 0.918 bits per heavy atom. The van der Waals surface area contributed by atoms with Gasteiger partial charge in [-0.1, -0.05) is 73.1 Å². The van der Waals surface area contributed by atoms with E-state index in [1.165, 1.54) is 0 Å². The van der Waals surface area contributed by atoms with Crippen LogP contribution in [0.4, 0.5) is 4.79 Å². The van der Waals surface area contributed by atoms with Crippen LogP contribution < -0.4 is 21.7 Å². The maximum absolute atomic E-state index is 14.7. The number of nitrogens with zero attached hydrogens (tertiary/aromatic N) is 1. The van der Waals surface area contributed by atoms with Crippen LogP contribution in [0.25, 0.3) is 0 Å². The van der Waals surface area contributed by atoms with E-state index in [1.54, 1.807) is 25.7 Å². The van der Waals surface area contributed by atoms with Crippen molar-refractivity contribution in [1.82, 2.24) is 20.9 Å². The fourth-order valence-electron chi connectivity index (χ4n) is 8.19. The summed E-state index contributed by atoms with van der Waals surface area (Å²) < 4.78 is 25.7. The Kier molecular flexibility index (Phi) is 11.3. The van der Waals surface area contributed by atoms with Crippen LogP contribution in [-0.4, -0.2) is 83.6 Å². The van der Waals surface area contributed by atoms with Gasteiger partial charge in [0.2, 0.25) is 17.6 Å². The van der Waals surface area contributed by atoms with Gasteiger partial charge in [-0.25, -0.2) is 13.2 Å². The molecule has 13 heteroatoms. The van der Waals surface area contributed by atoms with E-state index >= 15 is 0 Å². The predicted octanol–water partition coefficient (Wildman–Crippen LogP) is 3.61. The number of amides is 5. The number of nitrogens with two attached hydrogens (primary N) is 1. The quantitative estimate of drug-likeness (QED) is 0.211. The number of hydrogen-bond donors (Lipinski definition) is 4. The highest BCUT2D eigenvalue weighted by Gasteiger charge is 2.58. The van der Waals surface area contributed by atoms with Crippen molar-refractivity contribution in [3.05, 3.63) is 0 Å². The molecule has 3 saturated carbocycles. The lowest BCUT2D eigenvalue weighted by atomic mass is 9.78. The normalized spacial score (nSPS) is 26.3. The number of carbonyl (C=O) groups excluding carboxylic acids is 5. The van der Waals surface area contributed by atoms with Gasteiger partial charge in [-0.2, -0.15) is 0 Å². The minimum atomic E-state index is -3.57. The molecule has 1 saturated heterocycles. The molecule has 0 spiro atoms. The van der Waals surface area contributed by atoms with Crippen molar-refractivity contribution in [2.45, 2.75) is 154 Å². The molecule has 5 N–H and O–H groups in total. The fraction of sp³-hybridized carbons (Fsp3) is 0.861. The van der Waals surface area contributed by atoms with Crippen LogP contribution in [0.3, 0.4) is 0 Å². The van der Waals surface area contributed by atoms with Crippen molar-refractivity contribution in [1.29, 1.82) is 0 Å². The van der Waals surface area contributed by atoms with E-state index in [0.29, 0.717) is 25.8 Å². The molecule has 12 nitrogen and oxygen atoms in total. The highest BCUT2D eigenvalue weighted by molar-refractivity contribution is 7.92. The van der Waals surface area contributed by atoms with Gasteiger partial charge in [0, 0.05) is 6.54 Å². The molecule has 1 heterocycles. The number of urea groups is 1. The first kappa shape index (κ1) is 39.1. The Hall–Kier alpha value is -2.70. The van der Waals surface area contributed by atoms with E-state index in [0.717, 1.165) is 51.4 Å². The second-order valence-corrected chi connectivity index (χ2v) is 20.4. The molecule has 0 bridgehead atoms. The van der Waals surface area contributed by atoms with Gasteiger partial charge in [0.15, 0.2) is 9.84 Å². The third kappa shape index (κ3) is 8.79. The third-order valence-electron chi connectivity index (χ3n) is 11.9. The van der Waals surface area contributed by atoms with Crippen LogP contribution in [0.15, 0.2) is 0 Å².